The van der Waals surface area contributed by atoms with Crippen molar-refractivity contribution in [1.29, 1.82) is 0 Å². The van der Waals surface area contributed by atoms with Gasteiger partial charge in [-0.25, -0.2) is 0 Å². The average Bonchev–Trinajstić information content (AvgIpc) is 3.01. The molecule has 0 bridgehead atoms. The lowest BCUT2D eigenvalue weighted by molar-refractivity contribution is -0.0546. The molecule has 132 valence electrons. The summed E-state index contributed by atoms with van der Waals surface area (Å²) in [6.07, 6.45) is 1.54. The first kappa shape index (κ1) is 16.5. The average molecular weight is 360 g/mol. The van der Waals surface area contributed by atoms with E-state index in [-0.39, 0.29) is 18.4 Å². The van der Waals surface area contributed by atoms with Gasteiger partial charge in [-0.15, -0.1) is 11.3 Å². The number of rotatable bonds is 2. The monoisotopic (exact) mass is 360 g/mol. The third-order valence-corrected chi connectivity index (χ3v) is 6.39. The molecule has 2 amide bonds. The van der Waals surface area contributed by atoms with Gasteiger partial charge in [0, 0.05) is 29.9 Å². The van der Waals surface area contributed by atoms with E-state index >= 15 is 0 Å². The molecule has 2 aliphatic rings. The van der Waals surface area contributed by atoms with Crippen LogP contribution in [0.25, 0.3) is 10.1 Å². The molecule has 1 saturated heterocycles. The molecule has 0 atom stereocenters. The zero-order valence-electron chi connectivity index (χ0n) is 13.7. The fraction of sp³-hybridized carbons (Fsp3) is 0.444. The van der Waals surface area contributed by atoms with E-state index in [1.54, 1.807) is 11.0 Å². The molecule has 6 nitrogen and oxygen atoms in total. The summed E-state index contributed by atoms with van der Waals surface area (Å²) in [5.41, 5.74) is 0.570. The van der Waals surface area contributed by atoms with Crippen LogP contribution in [0, 0.1) is 0 Å². The summed E-state index contributed by atoms with van der Waals surface area (Å²) in [5.74, 6) is -0.100. The van der Waals surface area contributed by atoms with Crippen LogP contribution in [0.3, 0.4) is 0 Å². The molecule has 1 aromatic carbocycles. The van der Waals surface area contributed by atoms with Crippen LogP contribution in [0.2, 0.25) is 0 Å². The maximum absolute atomic E-state index is 12.8. The quantitative estimate of drug-likeness (QED) is 0.749. The van der Waals surface area contributed by atoms with Gasteiger partial charge in [-0.3, -0.25) is 9.59 Å². The summed E-state index contributed by atoms with van der Waals surface area (Å²) in [6.45, 7) is 1.21. The Morgan fingerprint density at radius 3 is 2.80 bits per heavy atom. The van der Waals surface area contributed by atoms with E-state index in [2.05, 4.69) is 5.32 Å². The molecule has 0 saturated carbocycles. The number of thiophene rings is 1. The van der Waals surface area contributed by atoms with E-state index in [0.29, 0.717) is 38.0 Å². The molecule has 25 heavy (non-hydrogen) atoms. The first-order chi connectivity index (χ1) is 12.0. The topological polar surface area (TPSA) is 89.9 Å². The number of carbonyl (C=O) groups is 2. The van der Waals surface area contributed by atoms with Gasteiger partial charge < -0.3 is 20.4 Å². The first-order valence-electron chi connectivity index (χ1n) is 8.47. The highest BCUT2D eigenvalue weighted by atomic mass is 32.1. The molecule has 0 aliphatic carbocycles. The van der Waals surface area contributed by atoms with Crippen LogP contribution < -0.4 is 5.32 Å². The second-order valence-electron chi connectivity index (χ2n) is 6.80. The highest BCUT2D eigenvalue weighted by Gasteiger charge is 2.33. The standard InChI is InChI=1S/C18H20N2O4S/c21-10-18(24)4-7-20(8-5-18)17(23)11-1-2-14-13(9-11)12-3-6-19-16(22)15(12)25-14/h1-2,9,21,24H,3-8,10H2,(H,19,22). The number of hydrogen-bond acceptors (Lipinski definition) is 5. The Morgan fingerprint density at radius 2 is 2.08 bits per heavy atom. The van der Waals surface area contributed by atoms with Gasteiger partial charge in [-0.1, -0.05) is 0 Å². The summed E-state index contributed by atoms with van der Waals surface area (Å²) in [4.78, 5) is 27.3. The van der Waals surface area contributed by atoms with Crippen molar-refractivity contribution in [2.45, 2.75) is 24.9 Å². The summed E-state index contributed by atoms with van der Waals surface area (Å²) in [6, 6.07) is 5.60. The Hall–Kier alpha value is -1.96. The fourth-order valence-electron chi connectivity index (χ4n) is 3.56. The van der Waals surface area contributed by atoms with Gasteiger partial charge in [-0.2, -0.15) is 0 Å². The zero-order chi connectivity index (χ0) is 17.6. The SMILES string of the molecule is O=C1NCCc2c1sc1ccc(C(=O)N3CCC(O)(CO)CC3)cc21. The maximum Gasteiger partial charge on any atom is 0.261 e. The number of fused-ring (bicyclic) bond motifs is 3. The third kappa shape index (κ3) is 2.82. The Morgan fingerprint density at radius 1 is 1.32 bits per heavy atom. The number of nitrogens with zero attached hydrogens (tertiary/aromatic N) is 1. The molecule has 4 rings (SSSR count). The van der Waals surface area contributed by atoms with Crippen molar-refractivity contribution in [1.82, 2.24) is 10.2 Å². The van der Waals surface area contributed by atoms with Gasteiger partial charge in [0.15, 0.2) is 0 Å². The third-order valence-electron chi connectivity index (χ3n) is 5.18. The number of nitrogens with one attached hydrogen (secondary N) is 1. The van der Waals surface area contributed by atoms with E-state index in [0.717, 1.165) is 26.9 Å². The molecule has 1 fully saturated rings. The lowest BCUT2D eigenvalue weighted by Gasteiger charge is -2.37. The maximum atomic E-state index is 12.8. The van der Waals surface area contributed by atoms with E-state index in [1.165, 1.54) is 11.3 Å². The molecule has 0 radical (unpaired) electrons. The smallest absolute Gasteiger partial charge is 0.261 e. The molecular weight excluding hydrogens is 340 g/mol. The molecule has 3 N–H and O–H groups in total. The largest absolute Gasteiger partial charge is 0.393 e. The van der Waals surface area contributed by atoms with Crippen molar-refractivity contribution in [2.24, 2.45) is 0 Å². The fourth-order valence-corrected chi connectivity index (χ4v) is 4.71. The Labute approximate surface area is 149 Å². The first-order valence-corrected chi connectivity index (χ1v) is 9.28. The molecule has 2 aromatic rings. The summed E-state index contributed by atoms with van der Waals surface area (Å²) < 4.78 is 1.02. The van der Waals surface area contributed by atoms with Crippen LogP contribution in [-0.2, 0) is 6.42 Å². The van der Waals surface area contributed by atoms with Gasteiger partial charge in [-0.05, 0) is 48.4 Å². The van der Waals surface area contributed by atoms with E-state index < -0.39 is 5.60 Å². The zero-order valence-corrected chi connectivity index (χ0v) is 14.6. The van der Waals surface area contributed by atoms with E-state index in [1.807, 2.05) is 12.1 Å². The van der Waals surface area contributed by atoms with Crippen molar-refractivity contribution in [2.75, 3.05) is 26.2 Å². The minimum absolute atomic E-state index is 0.0327. The number of piperidine rings is 1. The lowest BCUT2D eigenvalue weighted by Crippen LogP contribution is -2.48. The normalized spacial score (nSPS) is 19.6. The highest BCUT2D eigenvalue weighted by Crippen LogP contribution is 2.34. The minimum Gasteiger partial charge on any atom is -0.393 e. The predicted octanol–water partition coefficient (Wildman–Crippen LogP) is 1.15. The highest BCUT2D eigenvalue weighted by molar-refractivity contribution is 7.21. The van der Waals surface area contributed by atoms with Crippen molar-refractivity contribution in [3.8, 4) is 0 Å². The number of hydrogen-bond donors (Lipinski definition) is 3. The van der Waals surface area contributed by atoms with Crippen molar-refractivity contribution >= 4 is 33.2 Å². The van der Waals surface area contributed by atoms with Gasteiger partial charge in [0.25, 0.3) is 11.8 Å². The number of benzene rings is 1. The number of likely N-dealkylation sites (tertiary alicyclic amines) is 1. The molecule has 0 unspecified atom stereocenters. The van der Waals surface area contributed by atoms with Gasteiger partial charge in [0.2, 0.25) is 0 Å². The molecule has 2 aliphatic heterocycles. The van der Waals surface area contributed by atoms with Gasteiger partial charge in [0.1, 0.15) is 0 Å². The molecule has 1 aromatic heterocycles. The Balaban J connectivity index is 1.62. The second kappa shape index (κ2) is 6.09. The van der Waals surface area contributed by atoms with Crippen molar-refractivity contribution < 1.29 is 19.8 Å². The van der Waals surface area contributed by atoms with Crippen molar-refractivity contribution in [3.63, 3.8) is 0 Å². The van der Waals surface area contributed by atoms with Crippen LogP contribution in [-0.4, -0.2) is 58.8 Å². The van der Waals surface area contributed by atoms with Gasteiger partial charge >= 0.3 is 0 Å². The summed E-state index contributed by atoms with van der Waals surface area (Å²) in [7, 11) is 0. The lowest BCUT2D eigenvalue weighted by atomic mass is 9.92. The summed E-state index contributed by atoms with van der Waals surface area (Å²) >= 11 is 1.47. The Kier molecular flexibility index (Phi) is 4.02. The number of amides is 2. The number of aliphatic hydroxyl groups is 2. The Bertz CT molecular complexity index is 852. The van der Waals surface area contributed by atoms with Crippen molar-refractivity contribution in [3.05, 3.63) is 34.2 Å². The number of carbonyl (C=O) groups excluding carboxylic acids is 2. The van der Waals surface area contributed by atoms with E-state index in [4.69, 9.17) is 0 Å². The predicted molar refractivity (Wildman–Crippen MR) is 95.0 cm³/mol. The second-order valence-corrected chi connectivity index (χ2v) is 7.85. The molecule has 3 heterocycles. The van der Waals surface area contributed by atoms with Crippen LogP contribution in [0.1, 0.15) is 38.4 Å². The van der Waals surface area contributed by atoms with Gasteiger partial charge in [0.05, 0.1) is 17.1 Å². The van der Waals surface area contributed by atoms with Crippen LogP contribution in [0.4, 0.5) is 0 Å². The van der Waals surface area contributed by atoms with Crippen LogP contribution >= 0.6 is 11.3 Å². The van der Waals surface area contributed by atoms with Crippen LogP contribution in [0.5, 0.6) is 0 Å². The van der Waals surface area contributed by atoms with Crippen LogP contribution in [0.15, 0.2) is 18.2 Å². The summed E-state index contributed by atoms with van der Waals surface area (Å²) in [5, 5.41) is 23.2. The minimum atomic E-state index is -1.07. The molecule has 7 heteroatoms. The molecule has 0 spiro atoms. The van der Waals surface area contributed by atoms with E-state index in [9.17, 15) is 19.8 Å². The number of aliphatic hydroxyl groups excluding tert-OH is 1. The molecular formula is C18H20N2O4S.